The van der Waals surface area contributed by atoms with E-state index in [1.807, 2.05) is 0 Å². The minimum atomic E-state index is -2.37. The Kier molecular flexibility index (Phi) is 6.60. The fourth-order valence-corrected chi connectivity index (χ4v) is 5.55. The Hall–Kier alpha value is -3.55. The second-order valence-electron chi connectivity index (χ2n) is 9.79. The van der Waals surface area contributed by atoms with Gasteiger partial charge in [0.2, 0.25) is 12.1 Å². The van der Waals surface area contributed by atoms with E-state index in [-0.39, 0.29) is 40.6 Å². The predicted molar refractivity (Wildman–Crippen MR) is 125 cm³/mol. The minimum absolute atomic E-state index is 0.158. The highest BCUT2D eigenvalue weighted by atomic mass is 16.6. The zero-order valence-corrected chi connectivity index (χ0v) is 19.7. The molecule has 4 aliphatic heterocycles. The molecule has 3 aliphatic carbocycles. The van der Waals surface area contributed by atoms with Gasteiger partial charge in [-0.2, -0.15) is 0 Å². The van der Waals surface area contributed by atoms with Crippen molar-refractivity contribution < 1.29 is 38.2 Å². The average molecular weight is 491 g/mol. The first-order valence-corrected chi connectivity index (χ1v) is 12.4. The molecule has 4 bridgehead atoms. The maximum Gasteiger partial charge on any atom is 0.309 e. The Bertz CT molecular complexity index is 1130. The van der Waals surface area contributed by atoms with Gasteiger partial charge in [0.25, 0.3) is 11.9 Å². The van der Waals surface area contributed by atoms with Crippen LogP contribution in [0.5, 0.6) is 5.75 Å². The van der Waals surface area contributed by atoms with E-state index < -0.39 is 29.2 Å². The summed E-state index contributed by atoms with van der Waals surface area (Å²) in [6.07, 6.45) is 7.40. The summed E-state index contributed by atoms with van der Waals surface area (Å²) < 4.78 is 17.9. The first-order valence-electron chi connectivity index (χ1n) is 12.4. The zero-order chi connectivity index (χ0) is 25.3. The normalized spacial score (nSPS) is 32.6. The second-order valence-corrected chi connectivity index (χ2v) is 9.79. The third-order valence-corrected chi connectivity index (χ3v) is 7.57. The van der Waals surface area contributed by atoms with Crippen LogP contribution in [0.2, 0.25) is 0 Å². The Morgan fingerprint density at radius 2 is 1.42 bits per heavy atom. The number of para-hydroxylation sites is 1. The molecule has 8 rings (SSSR count). The molecular formula is C28H26O8. The van der Waals surface area contributed by atoms with Gasteiger partial charge in [-0.1, -0.05) is 18.2 Å². The lowest BCUT2D eigenvalue weighted by atomic mass is 9.74. The molecule has 1 aromatic rings. The molecule has 1 unspecified atom stereocenters. The Balaban J connectivity index is 1.65. The monoisotopic (exact) mass is 490 g/mol. The van der Waals surface area contributed by atoms with E-state index in [2.05, 4.69) is 0 Å². The molecule has 7 aliphatic rings. The molecule has 1 aromatic carbocycles. The van der Waals surface area contributed by atoms with Crippen LogP contribution in [0, 0.1) is 11.8 Å². The van der Waals surface area contributed by atoms with Gasteiger partial charge in [-0.3, -0.25) is 24.0 Å². The number of esters is 1. The quantitative estimate of drug-likeness (QED) is 0.468. The average Bonchev–Trinajstić information content (AvgIpc) is 2.91. The van der Waals surface area contributed by atoms with Crippen LogP contribution in [0.1, 0.15) is 51.4 Å². The van der Waals surface area contributed by atoms with Gasteiger partial charge < -0.3 is 14.2 Å². The molecule has 8 heteroatoms. The number of ether oxygens (including phenoxy) is 3. The van der Waals surface area contributed by atoms with Crippen molar-refractivity contribution in [1.29, 1.82) is 0 Å². The molecule has 0 spiro atoms. The third kappa shape index (κ3) is 4.29. The molecule has 0 saturated heterocycles. The Morgan fingerprint density at radius 1 is 0.806 bits per heavy atom. The topological polar surface area (TPSA) is 113 Å². The van der Waals surface area contributed by atoms with Gasteiger partial charge in [0.1, 0.15) is 11.9 Å². The van der Waals surface area contributed by atoms with Crippen molar-refractivity contribution in [3.05, 3.63) is 53.3 Å². The second kappa shape index (κ2) is 9.84. The lowest BCUT2D eigenvalue weighted by Crippen LogP contribution is -2.52. The molecule has 0 aromatic heterocycles. The molecule has 2 saturated carbocycles. The molecule has 8 nitrogen and oxygen atoms in total. The molecule has 36 heavy (non-hydrogen) atoms. The van der Waals surface area contributed by atoms with Crippen LogP contribution in [0.15, 0.2) is 53.3 Å². The number of Topliss-reactive ketones (excluding diaryl/α,β-unsaturated/α-hetero) is 1. The number of benzene rings is 1. The standard InChI is InChI=1S/C28H26O8/c29-15-19-14-23(31)28(16-30,36-22-4-2-1-3-5-22)26-24(19)25(32)17-6-8-18(9-7-17)27(33)35-21-12-10-20(34-26)11-13-21/h1-5,14,17-18,20-21H,6-13H2/t17-,18-,20-,21-,28?. The molecule has 1 atom stereocenters. The van der Waals surface area contributed by atoms with E-state index in [4.69, 9.17) is 14.2 Å². The zero-order valence-electron chi connectivity index (χ0n) is 19.7. The fraction of sp³-hybridized carbons (Fsp3) is 0.464. The highest BCUT2D eigenvalue weighted by Gasteiger charge is 2.54. The van der Waals surface area contributed by atoms with Gasteiger partial charge in [0.05, 0.1) is 17.6 Å². The van der Waals surface area contributed by atoms with Gasteiger partial charge in [-0.15, -0.1) is 0 Å². The summed E-state index contributed by atoms with van der Waals surface area (Å²) in [7, 11) is 0. The van der Waals surface area contributed by atoms with Crippen LogP contribution < -0.4 is 4.74 Å². The summed E-state index contributed by atoms with van der Waals surface area (Å²) in [5.41, 5.74) is -2.79. The van der Waals surface area contributed by atoms with E-state index in [1.54, 1.807) is 42.9 Å². The summed E-state index contributed by atoms with van der Waals surface area (Å²) in [5, 5.41) is 0. The number of ketones is 2. The van der Waals surface area contributed by atoms with Crippen molar-refractivity contribution in [3.63, 3.8) is 0 Å². The van der Waals surface area contributed by atoms with Crippen molar-refractivity contribution in [1.82, 2.24) is 0 Å². The number of carbonyl (C=O) groups excluding carboxylic acids is 5. The summed E-state index contributed by atoms with van der Waals surface area (Å²) in [5.74, 6) is -2.40. The van der Waals surface area contributed by atoms with Crippen molar-refractivity contribution in [3.8, 4) is 5.75 Å². The van der Waals surface area contributed by atoms with Gasteiger partial charge in [0.15, 0.2) is 11.5 Å². The van der Waals surface area contributed by atoms with Gasteiger partial charge in [-0.25, -0.2) is 0 Å². The predicted octanol–water partition coefficient (Wildman–Crippen LogP) is 3.05. The van der Waals surface area contributed by atoms with Gasteiger partial charge in [-0.05, 0) is 69.6 Å². The lowest BCUT2D eigenvalue weighted by molar-refractivity contribution is -0.159. The number of rotatable bonds is 4. The SMILES string of the molecule is O=[C]C1=CC(=O)C([C]=O)(Oc2ccccc2)C2=C1C(=O)[C@H]1CC[C@@H](CC1)C(=O)O[C@H]1CC[C@@H](CC1)O2. The first kappa shape index (κ1) is 24.2. The van der Waals surface area contributed by atoms with Crippen LogP contribution in [0.4, 0.5) is 0 Å². The van der Waals surface area contributed by atoms with Crippen molar-refractivity contribution in [2.24, 2.45) is 11.8 Å². The van der Waals surface area contributed by atoms with E-state index in [0.717, 1.165) is 6.08 Å². The maximum absolute atomic E-state index is 13.9. The van der Waals surface area contributed by atoms with Crippen molar-refractivity contribution in [2.75, 3.05) is 0 Å². The first-order chi connectivity index (χ1) is 17.4. The van der Waals surface area contributed by atoms with Gasteiger partial charge >= 0.3 is 5.97 Å². The molecule has 0 N–H and O–H groups in total. The molecule has 0 amide bonds. The highest BCUT2D eigenvalue weighted by Crippen LogP contribution is 2.41. The largest absolute Gasteiger partial charge is 0.489 e. The van der Waals surface area contributed by atoms with Crippen LogP contribution >= 0.6 is 0 Å². The summed E-state index contributed by atoms with van der Waals surface area (Å²) in [4.78, 5) is 64.4. The fourth-order valence-electron chi connectivity index (χ4n) is 5.55. The van der Waals surface area contributed by atoms with Crippen LogP contribution in [0.3, 0.4) is 0 Å². The van der Waals surface area contributed by atoms with Crippen molar-refractivity contribution >= 4 is 30.1 Å². The van der Waals surface area contributed by atoms with E-state index in [0.29, 0.717) is 51.4 Å². The lowest BCUT2D eigenvalue weighted by Gasteiger charge is -2.38. The molecule has 2 fully saturated rings. The summed E-state index contributed by atoms with van der Waals surface area (Å²) >= 11 is 0. The number of hydrogen-bond donors (Lipinski definition) is 0. The minimum Gasteiger partial charge on any atom is -0.489 e. The maximum atomic E-state index is 13.9. The van der Waals surface area contributed by atoms with Crippen LogP contribution in [-0.2, 0) is 33.4 Å². The Labute approximate surface area is 208 Å². The Morgan fingerprint density at radius 3 is 2.03 bits per heavy atom. The van der Waals surface area contributed by atoms with Crippen LogP contribution in [-0.4, -0.2) is 47.9 Å². The third-order valence-electron chi connectivity index (χ3n) is 7.57. The number of carbonyl (C=O) groups is 3. The van der Waals surface area contributed by atoms with Crippen molar-refractivity contribution in [2.45, 2.75) is 69.2 Å². The molecule has 4 heterocycles. The summed E-state index contributed by atoms with van der Waals surface area (Å²) in [6, 6.07) is 8.25. The summed E-state index contributed by atoms with van der Waals surface area (Å²) in [6.45, 7) is 0. The van der Waals surface area contributed by atoms with E-state index in [9.17, 15) is 24.0 Å². The molecule has 186 valence electrons. The smallest absolute Gasteiger partial charge is 0.309 e. The highest BCUT2D eigenvalue weighted by molar-refractivity contribution is 6.21. The number of allylic oxidation sites excluding steroid dienone is 2. The van der Waals surface area contributed by atoms with E-state index >= 15 is 0 Å². The van der Waals surface area contributed by atoms with E-state index in [1.165, 1.54) is 0 Å². The van der Waals surface area contributed by atoms with Gasteiger partial charge in [0, 0.05) is 11.5 Å². The van der Waals surface area contributed by atoms with Crippen LogP contribution in [0.25, 0.3) is 0 Å². The number of hydrogen-bond acceptors (Lipinski definition) is 8. The molecule has 2 radical (unpaired) electrons. The molecular weight excluding hydrogens is 464 g/mol.